The molecule has 2 N–H and O–H groups in total. The number of nitrogens with one attached hydrogen (secondary N) is 2. The van der Waals surface area contributed by atoms with Crippen molar-refractivity contribution in [3.8, 4) is 0 Å². The highest BCUT2D eigenvalue weighted by Crippen LogP contribution is 2.20. The van der Waals surface area contributed by atoms with E-state index in [2.05, 4.69) is 20.6 Å². The molecule has 4 rings (SSSR count). The monoisotopic (exact) mass is 350 g/mol. The van der Waals surface area contributed by atoms with Crippen LogP contribution >= 0.6 is 0 Å². The van der Waals surface area contributed by atoms with Crippen molar-refractivity contribution < 1.29 is 9.59 Å². The van der Waals surface area contributed by atoms with E-state index in [-0.39, 0.29) is 23.9 Å². The molecular weight excluding hydrogens is 328 g/mol. The Kier molecular flexibility index (Phi) is 4.65. The smallest absolute Gasteiger partial charge is 0.270 e. The van der Waals surface area contributed by atoms with E-state index >= 15 is 0 Å². The summed E-state index contributed by atoms with van der Waals surface area (Å²) in [6.07, 6.45) is 5.13. The average Bonchev–Trinajstić information content (AvgIpc) is 2.67. The van der Waals surface area contributed by atoms with Gasteiger partial charge in [-0.2, -0.15) is 0 Å². The van der Waals surface area contributed by atoms with Gasteiger partial charge < -0.3 is 10.6 Å². The van der Waals surface area contributed by atoms with Gasteiger partial charge in [0, 0.05) is 23.5 Å². The molecule has 0 saturated heterocycles. The number of fused-ring (bicyclic) bond motifs is 5. The topological polar surface area (TPSA) is 84.0 Å². The average molecular weight is 350 g/mol. The summed E-state index contributed by atoms with van der Waals surface area (Å²) < 4.78 is 0. The van der Waals surface area contributed by atoms with Crippen LogP contribution < -0.4 is 10.6 Å². The summed E-state index contributed by atoms with van der Waals surface area (Å²) in [5.74, 6) is -0.349. The Bertz CT molecular complexity index is 767. The van der Waals surface area contributed by atoms with Gasteiger partial charge >= 0.3 is 0 Å². The molecule has 2 aromatic heterocycles. The maximum Gasteiger partial charge on any atom is 0.270 e. The first kappa shape index (κ1) is 16.7. The molecule has 3 heterocycles. The van der Waals surface area contributed by atoms with Crippen LogP contribution in [-0.4, -0.2) is 33.9 Å². The first-order valence-corrected chi connectivity index (χ1v) is 9.22. The second-order valence-electron chi connectivity index (χ2n) is 6.97. The van der Waals surface area contributed by atoms with E-state index in [1.54, 1.807) is 12.1 Å². The SMILES string of the molecule is O=C1NC2CCCCC2NC(=O)c2cccc(n2)CCc2cccc1n2. The highest BCUT2D eigenvalue weighted by molar-refractivity contribution is 5.93. The van der Waals surface area contributed by atoms with Crippen molar-refractivity contribution >= 4 is 11.8 Å². The molecule has 6 nitrogen and oxygen atoms in total. The molecule has 1 aliphatic heterocycles. The second-order valence-corrected chi connectivity index (χ2v) is 6.97. The number of aryl methyl sites for hydroxylation is 2. The number of aromatic nitrogens is 2. The molecule has 2 unspecified atom stereocenters. The van der Waals surface area contributed by atoms with E-state index in [0.717, 1.165) is 37.1 Å². The molecule has 134 valence electrons. The van der Waals surface area contributed by atoms with Crippen LogP contribution in [0.15, 0.2) is 36.4 Å². The summed E-state index contributed by atoms with van der Waals surface area (Å²) in [6.45, 7) is 0. The van der Waals surface area contributed by atoms with Gasteiger partial charge in [-0.15, -0.1) is 0 Å². The fraction of sp³-hybridized carbons (Fsp3) is 0.400. The number of hydrogen-bond donors (Lipinski definition) is 2. The molecule has 2 aliphatic rings. The molecule has 1 fully saturated rings. The summed E-state index contributed by atoms with van der Waals surface area (Å²) in [5.41, 5.74) is 2.56. The summed E-state index contributed by atoms with van der Waals surface area (Å²) in [5, 5.41) is 6.14. The fourth-order valence-electron chi connectivity index (χ4n) is 3.71. The number of carbonyl (C=O) groups excluding carboxylic acids is 2. The van der Waals surface area contributed by atoms with Gasteiger partial charge in [0.25, 0.3) is 11.8 Å². The minimum absolute atomic E-state index is 0.0863. The van der Waals surface area contributed by atoms with Gasteiger partial charge in [0.05, 0.1) is 0 Å². The molecule has 2 atom stereocenters. The van der Waals surface area contributed by atoms with Gasteiger partial charge in [-0.05, 0) is 49.9 Å². The molecule has 26 heavy (non-hydrogen) atoms. The largest absolute Gasteiger partial charge is 0.346 e. The number of rotatable bonds is 0. The lowest BCUT2D eigenvalue weighted by molar-refractivity contribution is 0.0857. The van der Waals surface area contributed by atoms with E-state index in [1.807, 2.05) is 24.3 Å². The number of carbonyl (C=O) groups is 2. The van der Waals surface area contributed by atoms with Crippen molar-refractivity contribution in [1.29, 1.82) is 0 Å². The van der Waals surface area contributed by atoms with Crippen molar-refractivity contribution in [1.82, 2.24) is 20.6 Å². The lowest BCUT2D eigenvalue weighted by Crippen LogP contribution is -2.53. The van der Waals surface area contributed by atoms with Crippen LogP contribution in [0.5, 0.6) is 0 Å². The predicted octanol–water partition coefficient (Wildman–Crippen LogP) is 2.05. The zero-order valence-electron chi connectivity index (χ0n) is 14.6. The number of pyridine rings is 2. The molecular formula is C20H22N4O2. The van der Waals surface area contributed by atoms with E-state index in [4.69, 9.17) is 0 Å². The number of hydrogen-bond acceptors (Lipinski definition) is 4. The Morgan fingerprint density at radius 2 is 1.19 bits per heavy atom. The Morgan fingerprint density at radius 1 is 0.731 bits per heavy atom. The van der Waals surface area contributed by atoms with Crippen molar-refractivity contribution in [3.05, 3.63) is 59.2 Å². The number of nitrogens with zero attached hydrogens (tertiary/aromatic N) is 2. The third kappa shape index (κ3) is 3.59. The standard InChI is InChI=1S/C20H22N4O2/c25-19-17-9-3-5-13(21-17)11-12-14-6-4-10-18(22-14)20(26)24-16-8-2-1-7-15(16)23-19/h3-6,9-10,15-16H,1-2,7-8,11-12H2,(H,23,25)(H,24,26). The van der Waals surface area contributed by atoms with Crippen molar-refractivity contribution in [2.45, 2.75) is 50.6 Å². The highest BCUT2D eigenvalue weighted by atomic mass is 16.2. The lowest BCUT2D eigenvalue weighted by atomic mass is 9.90. The minimum Gasteiger partial charge on any atom is -0.346 e. The normalized spacial score (nSPS) is 23.2. The molecule has 0 aromatic carbocycles. The van der Waals surface area contributed by atoms with Crippen LogP contribution in [0.3, 0.4) is 0 Å². The van der Waals surface area contributed by atoms with Crippen molar-refractivity contribution in [2.75, 3.05) is 0 Å². The van der Waals surface area contributed by atoms with E-state index in [0.29, 0.717) is 24.2 Å². The van der Waals surface area contributed by atoms with Crippen LogP contribution in [0.1, 0.15) is 58.0 Å². The summed E-state index contributed by atoms with van der Waals surface area (Å²) in [6, 6.07) is 10.9. The third-order valence-corrected chi connectivity index (χ3v) is 5.12. The zero-order chi connectivity index (χ0) is 17.9. The van der Waals surface area contributed by atoms with Gasteiger partial charge in [-0.25, -0.2) is 9.97 Å². The molecule has 1 saturated carbocycles. The lowest BCUT2D eigenvalue weighted by Gasteiger charge is -2.32. The summed E-state index contributed by atoms with van der Waals surface area (Å²) in [7, 11) is 0. The first-order valence-electron chi connectivity index (χ1n) is 9.22. The maximum absolute atomic E-state index is 12.6. The fourth-order valence-corrected chi connectivity index (χ4v) is 3.71. The van der Waals surface area contributed by atoms with Crippen LogP contribution in [0.4, 0.5) is 0 Å². The Morgan fingerprint density at radius 3 is 1.65 bits per heavy atom. The predicted molar refractivity (Wildman–Crippen MR) is 96.9 cm³/mol. The summed E-state index contributed by atoms with van der Waals surface area (Å²) in [4.78, 5) is 34.3. The number of amides is 2. The van der Waals surface area contributed by atoms with Crippen molar-refractivity contribution in [2.24, 2.45) is 0 Å². The second kappa shape index (κ2) is 7.23. The maximum atomic E-state index is 12.6. The first-order chi connectivity index (χ1) is 12.7. The third-order valence-electron chi connectivity index (χ3n) is 5.12. The molecule has 2 amide bonds. The molecule has 2 aromatic rings. The van der Waals surface area contributed by atoms with Crippen LogP contribution in [-0.2, 0) is 12.8 Å². The van der Waals surface area contributed by atoms with E-state index in [1.165, 1.54) is 0 Å². The minimum atomic E-state index is -0.174. The van der Waals surface area contributed by atoms with Crippen LogP contribution in [0.2, 0.25) is 0 Å². The van der Waals surface area contributed by atoms with Gasteiger partial charge in [-0.1, -0.05) is 25.0 Å². The summed E-state index contributed by atoms with van der Waals surface area (Å²) >= 11 is 0. The zero-order valence-corrected chi connectivity index (χ0v) is 14.6. The Balaban J connectivity index is 1.70. The molecule has 1 aliphatic carbocycles. The van der Waals surface area contributed by atoms with Gasteiger partial charge in [0.1, 0.15) is 11.4 Å². The Labute approximate surface area is 152 Å². The van der Waals surface area contributed by atoms with E-state index in [9.17, 15) is 9.59 Å². The van der Waals surface area contributed by atoms with Gasteiger partial charge in [0.15, 0.2) is 0 Å². The molecule has 6 heteroatoms. The Hall–Kier alpha value is -2.76. The van der Waals surface area contributed by atoms with Gasteiger partial charge in [-0.3, -0.25) is 9.59 Å². The highest BCUT2D eigenvalue weighted by Gasteiger charge is 2.29. The molecule has 4 bridgehead atoms. The quantitative estimate of drug-likeness (QED) is 0.762. The molecule has 0 spiro atoms. The van der Waals surface area contributed by atoms with Gasteiger partial charge in [0.2, 0.25) is 0 Å². The van der Waals surface area contributed by atoms with Crippen molar-refractivity contribution in [3.63, 3.8) is 0 Å². The van der Waals surface area contributed by atoms with E-state index < -0.39 is 0 Å². The van der Waals surface area contributed by atoms with Crippen LogP contribution in [0, 0.1) is 0 Å². The molecule has 0 radical (unpaired) electrons. The van der Waals surface area contributed by atoms with Crippen LogP contribution in [0.25, 0.3) is 0 Å².